The molecule has 2 aromatic heterocycles. The molecule has 0 bridgehead atoms. The van der Waals surface area contributed by atoms with E-state index in [-0.39, 0.29) is 11.4 Å². The summed E-state index contributed by atoms with van der Waals surface area (Å²) in [4.78, 5) is 12.7. The van der Waals surface area contributed by atoms with Crippen LogP contribution in [0.15, 0.2) is 51.4 Å². The molecule has 6 nitrogen and oxygen atoms in total. The Labute approximate surface area is 180 Å². The van der Waals surface area contributed by atoms with E-state index >= 15 is 0 Å². The van der Waals surface area contributed by atoms with E-state index in [1.165, 1.54) is 6.07 Å². The molecule has 1 aliphatic rings. The van der Waals surface area contributed by atoms with E-state index < -0.39 is 11.7 Å². The van der Waals surface area contributed by atoms with Crippen molar-refractivity contribution < 1.29 is 13.6 Å². The number of aromatic nitrogens is 3. The van der Waals surface area contributed by atoms with E-state index in [1.807, 2.05) is 18.2 Å². The number of nitrogens with one attached hydrogen (secondary N) is 1. The molecule has 0 atom stereocenters. The van der Waals surface area contributed by atoms with Crippen molar-refractivity contribution in [2.45, 2.75) is 32.2 Å². The van der Waals surface area contributed by atoms with Gasteiger partial charge in [-0.2, -0.15) is 0 Å². The van der Waals surface area contributed by atoms with Gasteiger partial charge in [0.1, 0.15) is 17.2 Å². The molecule has 1 amide bonds. The van der Waals surface area contributed by atoms with Crippen molar-refractivity contribution >= 4 is 38.5 Å². The third kappa shape index (κ3) is 3.41. The predicted octanol–water partition coefficient (Wildman–Crippen LogP) is 5.57. The van der Waals surface area contributed by atoms with Crippen LogP contribution in [-0.4, -0.2) is 20.7 Å². The highest BCUT2D eigenvalue weighted by Gasteiger charge is 2.19. The van der Waals surface area contributed by atoms with Crippen molar-refractivity contribution in [2.75, 3.05) is 5.32 Å². The molecule has 4 aromatic rings. The van der Waals surface area contributed by atoms with Gasteiger partial charge in [-0.15, -0.1) is 10.2 Å². The smallest absolute Gasteiger partial charge is 0.291 e. The summed E-state index contributed by atoms with van der Waals surface area (Å²) >= 11 is 3.40. The van der Waals surface area contributed by atoms with Gasteiger partial charge in [-0.25, -0.2) is 4.39 Å². The molecule has 5 rings (SSSR count). The first-order valence-electron chi connectivity index (χ1n) is 9.81. The van der Waals surface area contributed by atoms with Crippen molar-refractivity contribution in [3.8, 4) is 11.4 Å². The number of halogens is 2. The number of hydrogen-bond acceptors (Lipinski definition) is 4. The van der Waals surface area contributed by atoms with Crippen LogP contribution in [0.1, 0.15) is 35.6 Å². The minimum atomic E-state index is -0.528. The highest BCUT2D eigenvalue weighted by Crippen LogP contribution is 2.29. The first-order valence-corrected chi connectivity index (χ1v) is 10.6. The van der Waals surface area contributed by atoms with Gasteiger partial charge in [0.2, 0.25) is 0 Å². The van der Waals surface area contributed by atoms with Crippen LogP contribution in [0.5, 0.6) is 0 Å². The highest BCUT2D eigenvalue weighted by atomic mass is 79.9. The van der Waals surface area contributed by atoms with Crippen LogP contribution < -0.4 is 5.32 Å². The van der Waals surface area contributed by atoms with Crippen LogP contribution in [0.25, 0.3) is 22.4 Å². The van der Waals surface area contributed by atoms with Crippen LogP contribution in [0.3, 0.4) is 0 Å². The summed E-state index contributed by atoms with van der Waals surface area (Å²) in [6.45, 7) is 0.838. The molecular weight excluding hydrogens is 451 g/mol. The average molecular weight is 469 g/mol. The second kappa shape index (κ2) is 7.68. The van der Waals surface area contributed by atoms with Gasteiger partial charge in [-0.1, -0.05) is 18.6 Å². The summed E-state index contributed by atoms with van der Waals surface area (Å²) in [7, 11) is 0. The molecule has 0 saturated heterocycles. The number of benzene rings is 2. The van der Waals surface area contributed by atoms with Crippen LogP contribution in [0, 0.1) is 5.82 Å². The molecule has 1 N–H and O–H groups in total. The quantitative estimate of drug-likeness (QED) is 0.426. The standard InChI is InChI=1S/C22H18BrFN4O2/c23-15-6-4-5-13-12-18(30-20(13)15)22(29)25-17-11-14(8-9-16(17)24)21-27-26-19-7-2-1-3-10-28(19)21/h4-6,8-9,11-12H,1-3,7,10H2,(H,25,29). The number of anilines is 1. The van der Waals surface area contributed by atoms with Crippen molar-refractivity contribution in [1.82, 2.24) is 14.8 Å². The molecule has 0 spiro atoms. The maximum atomic E-state index is 14.5. The Balaban J connectivity index is 1.46. The lowest BCUT2D eigenvalue weighted by atomic mass is 10.1. The van der Waals surface area contributed by atoms with Gasteiger partial charge in [0.25, 0.3) is 5.91 Å². The topological polar surface area (TPSA) is 73.0 Å². The Morgan fingerprint density at radius 2 is 2.03 bits per heavy atom. The first-order chi connectivity index (χ1) is 14.6. The van der Waals surface area contributed by atoms with Crippen molar-refractivity contribution in [3.05, 3.63) is 64.3 Å². The predicted molar refractivity (Wildman–Crippen MR) is 115 cm³/mol. The minimum Gasteiger partial charge on any atom is -0.450 e. The van der Waals surface area contributed by atoms with Crippen LogP contribution >= 0.6 is 15.9 Å². The van der Waals surface area contributed by atoms with E-state index in [0.29, 0.717) is 17.0 Å². The van der Waals surface area contributed by atoms with Gasteiger partial charge < -0.3 is 14.3 Å². The van der Waals surface area contributed by atoms with Crippen molar-refractivity contribution in [2.24, 2.45) is 0 Å². The molecule has 0 saturated carbocycles. The largest absolute Gasteiger partial charge is 0.450 e. The second-order valence-electron chi connectivity index (χ2n) is 7.32. The van der Waals surface area contributed by atoms with E-state index in [9.17, 15) is 9.18 Å². The van der Waals surface area contributed by atoms with E-state index in [1.54, 1.807) is 18.2 Å². The number of furan rings is 1. The Morgan fingerprint density at radius 1 is 1.13 bits per heavy atom. The lowest BCUT2D eigenvalue weighted by Crippen LogP contribution is -2.12. The zero-order valence-corrected chi connectivity index (χ0v) is 17.6. The summed E-state index contributed by atoms with van der Waals surface area (Å²) in [5, 5.41) is 12.0. The fraction of sp³-hybridized carbons (Fsp3) is 0.227. The van der Waals surface area contributed by atoms with Crippen molar-refractivity contribution in [1.29, 1.82) is 0 Å². The van der Waals surface area contributed by atoms with Crippen LogP contribution in [-0.2, 0) is 13.0 Å². The van der Waals surface area contributed by atoms with Gasteiger partial charge in [0, 0.05) is 23.9 Å². The molecule has 0 unspecified atom stereocenters. The third-order valence-electron chi connectivity index (χ3n) is 5.30. The molecule has 8 heteroatoms. The Morgan fingerprint density at radius 3 is 2.90 bits per heavy atom. The van der Waals surface area contributed by atoms with Gasteiger partial charge in [-0.3, -0.25) is 4.79 Å². The number of carbonyl (C=O) groups is 1. The van der Waals surface area contributed by atoms with Crippen molar-refractivity contribution in [3.63, 3.8) is 0 Å². The summed E-state index contributed by atoms with van der Waals surface area (Å²) in [5.74, 6) is 0.701. The molecule has 2 aromatic carbocycles. The van der Waals surface area contributed by atoms with Gasteiger partial charge in [0.15, 0.2) is 11.6 Å². The number of carbonyl (C=O) groups excluding carboxylic acids is 1. The Hall–Kier alpha value is -3.00. The number of rotatable bonds is 3. The number of nitrogens with zero attached hydrogens (tertiary/aromatic N) is 3. The summed E-state index contributed by atoms with van der Waals surface area (Å²) in [5.41, 5.74) is 1.35. The summed E-state index contributed by atoms with van der Waals surface area (Å²) in [6.07, 6.45) is 4.20. The maximum Gasteiger partial charge on any atom is 0.291 e. The highest BCUT2D eigenvalue weighted by molar-refractivity contribution is 9.10. The average Bonchev–Trinajstić information content (AvgIpc) is 3.28. The normalized spacial score (nSPS) is 13.8. The maximum absolute atomic E-state index is 14.5. The van der Waals surface area contributed by atoms with E-state index in [4.69, 9.17) is 4.42 Å². The molecule has 152 valence electrons. The molecule has 0 fully saturated rings. The fourth-order valence-electron chi connectivity index (χ4n) is 3.78. The SMILES string of the molecule is O=C(Nc1cc(-c2nnc3n2CCCCC3)ccc1F)c1cc2cccc(Br)c2o1. The molecule has 0 radical (unpaired) electrons. The number of aryl methyl sites for hydroxylation is 1. The lowest BCUT2D eigenvalue weighted by molar-refractivity contribution is 0.0998. The zero-order valence-electron chi connectivity index (χ0n) is 16.0. The first kappa shape index (κ1) is 19.0. The number of fused-ring (bicyclic) bond motifs is 2. The summed E-state index contributed by atoms with van der Waals surface area (Å²) in [6, 6.07) is 11.7. The van der Waals surface area contributed by atoms with E-state index in [2.05, 4.69) is 36.0 Å². The number of para-hydroxylation sites is 1. The van der Waals surface area contributed by atoms with Gasteiger partial charge in [0.05, 0.1) is 10.2 Å². The molecular formula is C22H18BrFN4O2. The number of hydrogen-bond donors (Lipinski definition) is 1. The number of amides is 1. The van der Waals surface area contributed by atoms with E-state index in [0.717, 1.165) is 47.9 Å². The summed E-state index contributed by atoms with van der Waals surface area (Å²) < 4.78 is 23.0. The lowest BCUT2D eigenvalue weighted by Gasteiger charge is -2.10. The van der Waals surface area contributed by atoms with Gasteiger partial charge >= 0.3 is 0 Å². The monoisotopic (exact) mass is 468 g/mol. The minimum absolute atomic E-state index is 0.0722. The van der Waals surface area contributed by atoms with Crippen LogP contribution in [0.4, 0.5) is 10.1 Å². The molecule has 1 aliphatic heterocycles. The Bertz CT molecular complexity index is 1260. The third-order valence-corrected chi connectivity index (χ3v) is 5.93. The second-order valence-corrected chi connectivity index (χ2v) is 8.17. The van der Waals surface area contributed by atoms with Gasteiger partial charge in [-0.05, 0) is 59.1 Å². The van der Waals surface area contributed by atoms with Crippen LogP contribution in [0.2, 0.25) is 0 Å². The molecule has 0 aliphatic carbocycles. The fourth-order valence-corrected chi connectivity index (χ4v) is 4.24. The zero-order chi connectivity index (χ0) is 20.7. The molecule has 30 heavy (non-hydrogen) atoms. The Kier molecular flexibility index (Phi) is 4.86. The molecule has 3 heterocycles.